The number of nitrogens with one attached hydrogen (secondary N) is 2. The van der Waals surface area contributed by atoms with Crippen molar-refractivity contribution in [3.05, 3.63) is 48.2 Å². The second-order valence-electron chi connectivity index (χ2n) is 4.49. The fourth-order valence-corrected chi connectivity index (χ4v) is 2.07. The maximum atomic E-state index is 5.52. The minimum atomic E-state index is 0.353. The zero-order chi connectivity index (χ0) is 13.8. The van der Waals surface area contributed by atoms with Crippen LogP contribution in [0.3, 0.4) is 0 Å². The lowest BCUT2D eigenvalue weighted by atomic mass is 10.1. The molecule has 3 rings (SSSR count). The van der Waals surface area contributed by atoms with Gasteiger partial charge in [-0.25, -0.2) is 15.0 Å². The summed E-state index contributed by atoms with van der Waals surface area (Å²) in [6.07, 6.45) is 4.34. The summed E-state index contributed by atoms with van der Waals surface area (Å²) in [4.78, 5) is 15.7. The van der Waals surface area contributed by atoms with E-state index >= 15 is 0 Å². The number of imidazole rings is 1. The largest absolute Gasteiger partial charge is 0.370 e. The first-order valence-corrected chi connectivity index (χ1v) is 6.53. The van der Waals surface area contributed by atoms with Crippen LogP contribution in [0.25, 0.3) is 11.0 Å². The summed E-state index contributed by atoms with van der Waals surface area (Å²) < 4.78 is 0. The highest BCUT2D eigenvalue weighted by atomic mass is 15.0. The van der Waals surface area contributed by atoms with E-state index in [1.54, 1.807) is 12.5 Å². The van der Waals surface area contributed by atoms with E-state index in [0.29, 0.717) is 12.4 Å². The van der Waals surface area contributed by atoms with Crippen LogP contribution in [-0.4, -0.2) is 26.5 Å². The van der Waals surface area contributed by atoms with Gasteiger partial charge in [-0.1, -0.05) is 6.07 Å². The lowest BCUT2D eigenvalue weighted by Gasteiger charge is -2.06. The fraction of sp³-hybridized carbons (Fsp3) is 0.214. The van der Waals surface area contributed by atoms with Gasteiger partial charge in [0.15, 0.2) is 0 Å². The van der Waals surface area contributed by atoms with Gasteiger partial charge in [0.05, 0.1) is 23.9 Å². The van der Waals surface area contributed by atoms with Crippen LogP contribution in [0, 0.1) is 0 Å². The van der Waals surface area contributed by atoms with Gasteiger partial charge in [-0.05, 0) is 30.2 Å². The molecule has 0 atom stereocenters. The third-order valence-corrected chi connectivity index (χ3v) is 3.09. The first kappa shape index (κ1) is 12.6. The molecule has 2 aromatic heterocycles. The van der Waals surface area contributed by atoms with Gasteiger partial charge in [0, 0.05) is 12.7 Å². The van der Waals surface area contributed by atoms with Crippen molar-refractivity contribution in [2.45, 2.75) is 13.0 Å². The molecule has 0 radical (unpaired) electrons. The van der Waals surface area contributed by atoms with E-state index in [2.05, 4.69) is 37.4 Å². The number of hydrogen-bond donors (Lipinski definition) is 3. The Hall–Kier alpha value is -2.47. The van der Waals surface area contributed by atoms with Crippen LogP contribution < -0.4 is 11.1 Å². The molecule has 0 spiro atoms. The van der Waals surface area contributed by atoms with Gasteiger partial charge in [-0.15, -0.1) is 0 Å². The number of hydrogen-bond acceptors (Lipinski definition) is 5. The van der Waals surface area contributed by atoms with E-state index in [1.165, 1.54) is 5.56 Å². The van der Waals surface area contributed by atoms with Crippen LogP contribution in [0.1, 0.15) is 11.4 Å². The van der Waals surface area contributed by atoms with E-state index < -0.39 is 0 Å². The van der Waals surface area contributed by atoms with Crippen LogP contribution in [0.2, 0.25) is 0 Å². The first-order chi connectivity index (χ1) is 9.85. The second-order valence-corrected chi connectivity index (χ2v) is 4.49. The van der Waals surface area contributed by atoms with Gasteiger partial charge in [0.1, 0.15) is 11.6 Å². The quantitative estimate of drug-likeness (QED) is 0.651. The molecular weight excluding hydrogens is 252 g/mol. The van der Waals surface area contributed by atoms with Gasteiger partial charge < -0.3 is 16.0 Å². The number of nitrogens with two attached hydrogens (primary N) is 1. The highest BCUT2D eigenvalue weighted by Gasteiger charge is 2.00. The SMILES string of the molecule is NCc1nccc(NCCc2ccc3nc[nH]c3c2)n1. The van der Waals surface area contributed by atoms with E-state index in [1.807, 2.05) is 12.1 Å². The summed E-state index contributed by atoms with van der Waals surface area (Å²) in [5, 5.41) is 3.28. The van der Waals surface area contributed by atoms with Gasteiger partial charge in [0.25, 0.3) is 0 Å². The first-order valence-electron chi connectivity index (χ1n) is 6.53. The molecule has 0 amide bonds. The molecule has 0 aliphatic heterocycles. The Morgan fingerprint density at radius 3 is 3.05 bits per heavy atom. The van der Waals surface area contributed by atoms with Crippen molar-refractivity contribution in [2.24, 2.45) is 5.73 Å². The molecular formula is C14H16N6. The Morgan fingerprint density at radius 1 is 1.20 bits per heavy atom. The molecule has 0 saturated carbocycles. The van der Waals surface area contributed by atoms with Gasteiger partial charge in [-0.3, -0.25) is 0 Å². The molecule has 20 heavy (non-hydrogen) atoms. The third kappa shape index (κ3) is 2.75. The van der Waals surface area contributed by atoms with E-state index in [0.717, 1.165) is 29.8 Å². The minimum Gasteiger partial charge on any atom is -0.370 e. The van der Waals surface area contributed by atoms with E-state index in [-0.39, 0.29) is 0 Å². The summed E-state index contributed by atoms with van der Waals surface area (Å²) in [6.45, 7) is 1.16. The Labute approximate surface area is 116 Å². The van der Waals surface area contributed by atoms with Gasteiger partial charge >= 0.3 is 0 Å². The maximum absolute atomic E-state index is 5.52. The molecule has 0 bridgehead atoms. The number of H-pyrrole nitrogens is 1. The number of anilines is 1. The molecule has 3 aromatic rings. The smallest absolute Gasteiger partial charge is 0.144 e. The number of nitrogens with zero attached hydrogens (tertiary/aromatic N) is 3. The molecule has 6 nitrogen and oxygen atoms in total. The topological polar surface area (TPSA) is 92.5 Å². The number of aromatic amines is 1. The van der Waals surface area contributed by atoms with Crippen LogP contribution in [-0.2, 0) is 13.0 Å². The average molecular weight is 268 g/mol. The summed E-state index contributed by atoms with van der Waals surface area (Å²) >= 11 is 0. The van der Waals surface area contributed by atoms with Crippen molar-refractivity contribution < 1.29 is 0 Å². The summed E-state index contributed by atoms with van der Waals surface area (Å²) in [7, 11) is 0. The van der Waals surface area contributed by atoms with Crippen molar-refractivity contribution >= 4 is 16.9 Å². The zero-order valence-corrected chi connectivity index (χ0v) is 11.0. The zero-order valence-electron chi connectivity index (χ0n) is 11.0. The highest BCUT2D eigenvalue weighted by Crippen LogP contribution is 2.12. The molecule has 4 N–H and O–H groups in total. The molecule has 102 valence electrons. The van der Waals surface area contributed by atoms with E-state index in [9.17, 15) is 0 Å². The molecule has 0 aliphatic carbocycles. The van der Waals surface area contributed by atoms with Crippen molar-refractivity contribution in [2.75, 3.05) is 11.9 Å². The van der Waals surface area contributed by atoms with Crippen molar-refractivity contribution in [3.8, 4) is 0 Å². The van der Waals surface area contributed by atoms with Crippen LogP contribution in [0.4, 0.5) is 5.82 Å². The Bertz CT molecular complexity index is 705. The summed E-state index contributed by atoms with van der Waals surface area (Å²) in [5.74, 6) is 1.46. The monoisotopic (exact) mass is 268 g/mol. The predicted molar refractivity (Wildman–Crippen MR) is 78.2 cm³/mol. The number of fused-ring (bicyclic) bond motifs is 1. The molecule has 1 aromatic carbocycles. The van der Waals surface area contributed by atoms with E-state index in [4.69, 9.17) is 5.73 Å². The van der Waals surface area contributed by atoms with Crippen LogP contribution in [0.15, 0.2) is 36.8 Å². The normalized spacial score (nSPS) is 10.8. The lowest BCUT2D eigenvalue weighted by molar-refractivity contribution is 0.900. The number of rotatable bonds is 5. The Balaban J connectivity index is 1.61. The Morgan fingerprint density at radius 2 is 2.15 bits per heavy atom. The third-order valence-electron chi connectivity index (χ3n) is 3.09. The average Bonchev–Trinajstić information content (AvgIpc) is 2.95. The number of aromatic nitrogens is 4. The van der Waals surface area contributed by atoms with Crippen molar-refractivity contribution in [1.29, 1.82) is 0 Å². The summed E-state index contributed by atoms with van der Waals surface area (Å²) in [5.41, 5.74) is 8.83. The molecule has 0 unspecified atom stereocenters. The van der Waals surface area contributed by atoms with Crippen molar-refractivity contribution in [1.82, 2.24) is 19.9 Å². The van der Waals surface area contributed by atoms with Crippen LogP contribution >= 0.6 is 0 Å². The minimum absolute atomic E-state index is 0.353. The van der Waals surface area contributed by atoms with Crippen LogP contribution in [0.5, 0.6) is 0 Å². The van der Waals surface area contributed by atoms with Gasteiger partial charge in [0.2, 0.25) is 0 Å². The molecule has 0 fully saturated rings. The van der Waals surface area contributed by atoms with Gasteiger partial charge in [-0.2, -0.15) is 0 Å². The lowest BCUT2D eigenvalue weighted by Crippen LogP contribution is -2.09. The molecule has 6 heteroatoms. The predicted octanol–water partition coefficient (Wildman–Crippen LogP) is 1.47. The highest BCUT2D eigenvalue weighted by molar-refractivity contribution is 5.75. The molecule has 0 saturated heterocycles. The fourth-order valence-electron chi connectivity index (χ4n) is 2.07. The van der Waals surface area contributed by atoms with Crippen molar-refractivity contribution in [3.63, 3.8) is 0 Å². The maximum Gasteiger partial charge on any atom is 0.144 e. The standard InChI is InChI=1S/C14H16N6/c15-8-14-17-6-4-13(20-14)16-5-3-10-1-2-11-12(7-10)19-9-18-11/h1-2,4,6-7,9H,3,5,8,15H2,(H,18,19)(H,16,17,20). The summed E-state index contributed by atoms with van der Waals surface area (Å²) in [6, 6.07) is 8.08. The number of benzene rings is 1. The molecule has 2 heterocycles. The second kappa shape index (κ2) is 5.66. The molecule has 0 aliphatic rings. The Kier molecular flexibility index (Phi) is 3.56.